The SMILES string of the molecule is Cc1cc(C)cc(C(O)Cn2nnnc2C(C)(C)C)c1. The molecule has 0 aliphatic rings. The summed E-state index contributed by atoms with van der Waals surface area (Å²) < 4.78 is 1.68. The Labute approximate surface area is 119 Å². The molecule has 0 radical (unpaired) electrons. The number of tetrazole rings is 1. The largest absolute Gasteiger partial charge is 0.386 e. The zero-order valence-corrected chi connectivity index (χ0v) is 12.8. The first-order valence-corrected chi connectivity index (χ1v) is 6.80. The molecule has 1 atom stereocenters. The van der Waals surface area contributed by atoms with Crippen LogP contribution in [0.3, 0.4) is 0 Å². The first-order valence-electron chi connectivity index (χ1n) is 6.80. The molecule has 0 saturated heterocycles. The predicted octanol–water partition coefficient (Wildman–Crippen LogP) is 2.32. The van der Waals surface area contributed by atoms with Crippen LogP contribution in [0.15, 0.2) is 18.2 Å². The summed E-state index contributed by atoms with van der Waals surface area (Å²) in [4.78, 5) is 0. The van der Waals surface area contributed by atoms with Crippen LogP contribution in [-0.4, -0.2) is 25.3 Å². The van der Waals surface area contributed by atoms with Crippen LogP contribution in [0.4, 0.5) is 0 Å². The highest BCUT2D eigenvalue weighted by Crippen LogP contribution is 2.22. The van der Waals surface area contributed by atoms with Gasteiger partial charge in [-0.25, -0.2) is 4.68 Å². The van der Waals surface area contributed by atoms with E-state index in [-0.39, 0.29) is 5.41 Å². The minimum atomic E-state index is -0.613. The van der Waals surface area contributed by atoms with Gasteiger partial charge in [0, 0.05) is 5.41 Å². The molecule has 108 valence electrons. The highest BCUT2D eigenvalue weighted by molar-refractivity contribution is 5.29. The zero-order valence-electron chi connectivity index (χ0n) is 12.8. The van der Waals surface area contributed by atoms with E-state index in [0.29, 0.717) is 6.54 Å². The zero-order chi connectivity index (χ0) is 14.9. The molecule has 1 aromatic heterocycles. The molecule has 0 aliphatic carbocycles. The maximum Gasteiger partial charge on any atom is 0.156 e. The second kappa shape index (κ2) is 5.32. The topological polar surface area (TPSA) is 63.8 Å². The van der Waals surface area contributed by atoms with Gasteiger partial charge in [0.2, 0.25) is 0 Å². The Morgan fingerprint density at radius 1 is 1.15 bits per heavy atom. The summed E-state index contributed by atoms with van der Waals surface area (Å²) in [6, 6.07) is 6.09. The van der Waals surface area contributed by atoms with E-state index >= 15 is 0 Å². The van der Waals surface area contributed by atoms with Gasteiger partial charge in [-0.3, -0.25) is 0 Å². The van der Waals surface area contributed by atoms with Gasteiger partial charge >= 0.3 is 0 Å². The number of aliphatic hydroxyl groups excluding tert-OH is 1. The monoisotopic (exact) mass is 274 g/mol. The summed E-state index contributed by atoms with van der Waals surface area (Å²) in [7, 11) is 0. The van der Waals surface area contributed by atoms with Gasteiger partial charge in [-0.2, -0.15) is 0 Å². The van der Waals surface area contributed by atoms with E-state index < -0.39 is 6.10 Å². The Morgan fingerprint density at radius 2 is 1.75 bits per heavy atom. The van der Waals surface area contributed by atoms with Crippen LogP contribution in [0.1, 0.15) is 49.4 Å². The van der Waals surface area contributed by atoms with Gasteiger partial charge in [0.05, 0.1) is 12.6 Å². The van der Waals surface area contributed by atoms with Gasteiger partial charge in [0.1, 0.15) is 0 Å². The summed E-state index contributed by atoms with van der Waals surface area (Å²) in [6.45, 7) is 10.6. The van der Waals surface area contributed by atoms with Gasteiger partial charge in [-0.1, -0.05) is 50.1 Å². The van der Waals surface area contributed by atoms with Crippen LogP contribution >= 0.6 is 0 Å². The number of aryl methyl sites for hydroxylation is 2. The van der Waals surface area contributed by atoms with Crippen LogP contribution < -0.4 is 0 Å². The average Bonchev–Trinajstić information content (AvgIpc) is 2.75. The van der Waals surface area contributed by atoms with E-state index in [2.05, 4.69) is 42.4 Å². The highest BCUT2D eigenvalue weighted by atomic mass is 16.3. The van der Waals surface area contributed by atoms with Gasteiger partial charge in [-0.05, 0) is 29.8 Å². The van der Waals surface area contributed by atoms with Gasteiger partial charge in [0.15, 0.2) is 5.82 Å². The smallest absolute Gasteiger partial charge is 0.156 e. The summed E-state index contributed by atoms with van der Waals surface area (Å²) in [5, 5.41) is 22.2. The van der Waals surface area contributed by atoms with E-state index in [4.69, 9.17) is 0 Å². The Kier molecular flexibility index (Phi) is 3.90. The van der Waals surface area contributed by atoms with E-state index in [1.807, 2.05) is 26.0 Å². The summed E-state index contributed by atoms with van der Waals surface area (Å²) in [5.41, 5.74) is 3.04. The molecule has 0 spiro atoms. The molecule has 0 bridgehead atoms. The number of benzene rings is 1. The third-order valence-corrected chi connectivity index (χ3v) is 3.18. The second-order valence-corrected chi connectivity index (χ2v) is 6.37. The number of aromatic nitrogens is 4. The lowest BCUT2D eigenvalue weighted by Gasteiger charge is -2.19. The van der Waals surface area contributed by atoms with Crippen molar-refractivity contribution in [3.05, 3.63) is 40.7 Å². The van der Waals surface area contributed by atoms with Crippen LogP contribution in [0.5, 0.6) is 0 Å². The molecule has 1 N–H and O–H groups in total. The molecule has 2 rings (SSSR count). The van der Waals surface area contributed by atoms with Crippen molar-refractivity contribution < 1.29 is 5.11 Å². The quantitative estimate of drug-likeness (QED) is 0.933. The molecule has 1 unspecified atom stereocenters. The number of nitrogens with zero attached hydrogens (tertiary/aromatic N) is 4. The molecule has 20 heavy (non-hydrogen) atoms. The normalized spacial score (nSPS) is 13.5. The van der Waals surface area contributed by atoms with Crippen LogP contribution in [0.25, 0.3) is 0 Å². The Hall–Kier alpha value is -1.75. The lowest BCUT2D eigenvalue weighted by Crippen LogP contribution is -2.22. The fourth-order valence-corrected chi connectivity index (χ4v) is 2.34. The number of hydrogen-bond donors (Lipinski definition) is 1. The van der Waals surface area contributed by atoms with Crippen molar-refractivity contribution >= 4 is 0 Å². The fraction of sp³-hybridized carbons (Fsp3) is 0.533. The van der Waals surface area contributed by atoms with Crippen molar-refractivity contribution in [1.82, 2.24) is 20.2 Å². The van der Waals surface area contributed by atoms with Crippen molar-refractivity contribution in [3.8, 4) is 0 Å². The molecule has 5 nitrogen and oxygen atoms in total. The second-order valence-electron chi connectivity index (χ2n) is 6.37. The van der Waals surface area contributed by atoms with Crippen molar-refractivity contribution in [2.75, 3.05) is 0 Å². The van der Waals surface area contributed by atoms with Gasteiger partial charge in [0.25, 0.3) is 0 Å². The van der Waals surface area contributed by atoms with Crippen LogP contribution in [-0.2, 0) is 12.0 Å². The predicted molar refractivity (Wildman–Crippen MR) is 77.4 cm³/mol. The summed E-state index contributed by atoms with van der Waals surface area (Å²) in [5.74, 6) is 0.779. The van der Waals surface area contributed by atoms with Crippen molar-refractivity contribution in [2.24, 2.45) is 0 Å². The van der Waals surface area contributed by atoms with E-state index in [1.165, 1.54) is 0 Å². The lowest BCUT2D eigenvalue weighted by atomic mass is 9.95. The number of rotatable bonds is 3. The van der Waals surface area contributed by atoms with E-state index in [9.17, 15) is 5.11 Å². The molecule has 0 amide bonds. The van der Waals surface area contributed by atoms with Crippen LogP contribution in [0, 0.1) is 13.8 Å². The number of hydrogen-bond acceptors (Lipinski definition) is 4. The molecule has 5 heteroatoms. The maximum absolute atomic E-state index is 10.4. The third-order valence-electron chi connectivity index (χ3n) is 3.18. The van der Waals surface area contributed by atoms with Crippen molar-refractivity contribution in [3.63, 3.8) is 0 Å². The van der Waals surface area contributed by atoms with E-state index in [0.717, 1.165) is 22.5 Å². The Balaban J connectivity index is 2.24. The van der Waals surface area contributed by atoms with Crippen molar-refractivity contribution in [1.29, 1.82) is 0 Å². The minimum absolute atomic E-state index is 0.147. The van der Waals surface area contributed by atoms with Gasteiger partial charge in [-0.15, -0.1) is 5.10 Å². The average molecular weight is 274 g/mol. The standard InChI is InChI=1S/C15H22N4O/c1-10-6-11(2)8-12(7-10)13(20)9-19-14(15(3,4)5)16-17-18-19/h6-8,13,20H,9H2,1-5H3. The van der Waals surface area contributed by atoms with Crippen LogP contribution in [0.2, 0.25) is 0 Å². The molecule has 1 aromatic carbocycles. The lowest BCUT2D eigenvalue weighted by molar-refractivity contribution is 0.147. The maximum atomic E-state index is 10.4. The molecule has 2 aromatic rings. The third kappa shape index (κ3) is 3.22. The van der Waals surface area contributed by atoms with Gasteiger partial charge < -0.3 is 5.11 Å². The van der Waals surface area contributed by atoms with E-state index in [1.54, 1.807) is 4.68 Å². The summed E-state index contributed by atoms with van der Waals surface area (Å²) in [6.07, 6.45) is -0.613. The Morgan fingerprint density at radius 3 is 2.30 bits per heavy atom. The molecular formula is C15H22N4O. The first kappa shape index (κ1) is 14.7. The van der Waals surface area contributed by atoms with Crippen molar-refractivity contribution in [2.45, 2.75) is 52.7 Å². The molecule has 0 saturated carbocycles. The minimum Gasteiger partial charge on any atom is -0.386 e. The highest BCUT2D eigenvalue weighted by Gasteiger charge is 2.23. The summed E-state index contributed by atoms with van der Waals surface area (Å²) >= 11 is 0. The Bertz CT molecular complexity index is 578. The molecular weight excluding hydrogens is 252 g/mol. The molecule has 0 fully saturated rings. The molecule has 1 heterocycles. The first-order chi connectivity index (χ1) is 9.27. The molecule has 0 aliphatic heterocycles. The number of aliphatic hydroxyl groups is 1. The fourth-order valence-electron chi connectivity index (χ4n) is 2.34.